The highest BCUT2D eigenvalue weighted by Gasteiger charge is 2.34. The Labute approximate surface area is 188 Å². The average molecular weight is 483 g/mol. The summed E-state index contributed by atoms with van der Waals surface area (Å²) in [6.07, 6.45) is 2.83. The molecule has 1 aliphatic rings. The van der Waals surface area contributed by atoms with Crippen LogP contribution in [0.25, 0.3) is 0 Å². The van der Waals surface area contributed by atoms with Gasteiger partial charge in [-0.15, -0.1) is 0 Å². The molecule has 1 fully saturated rings. The van der Waals surface area contributed by atoms with Crippen molar-refractivity contribution in [2.45, 2.75) is 42.0 Å². The Kier molecular flexibility index (Phi) is 7.36. The van der Waals surface area contributed by atoms with Crippen LogP contribution in [0, 0.1) is 11.7 Å². The van der Waals surface area contributed by atoms with Crippen LogP contribution in [0.1, 0.15) is 37.8 Å². The predicted octanol–water partition coefficient (Wildman–Crippen LogP) is 2.90. The van der Waals surface area contributed by atoms with Gasteiger partial charge in [-0.2, -0.15) is 4.31 Å². The number of benzene rings is 2. The number of piperidine rings is 1. The second-order valence-electron chi connectivity index (χ2n) is 7.97. The molecule has 0 unspecified atom stereocenters. The number of carbonyl (C=O) groups excluding carboxylic acids is 1. The van der Waals surface area contributed by atoms with E-state index in [9.17, 15) is 26.0 Å². The number of hydrogen-bond donors (Lipinski definition) is 1. The summed E-state index contributed by atoms with van der Waals surface area (Å²) >= 11 is 0. The van der Waals surface area contributed by atoms with Crippen molar-refractivity contribution in [2.75, 3.05) is 19.3 Å². The highest BCUT2D eigenvalue weighted by molar-refractivity contribution is 7.90. The third-order valence-electron chi connectivity index (χ3n) is 5.64. The number of hydrogen-bond acceptors (Lipinski definition) is 5. The molecule has 1 heterocycles. The van der Waals surface area contributed by atoms with Crippen LogP contribution in [0.15, 0.2) is 58.3 Å². The molecule has 0 spiro atoms. The molecule has 1 saturated heterocycles. The van der Waals surface area contributed by atoms with Crippen LogP contribution < -0.4 is 5.32 Å². The number of halogens is 1. The van der Waals surface area contributed by atoms with Crippen molar-refractivity contribution in [1.29, 1.82) is 0 Å². The average Bonchev–Trinajstić information content (AvgIpc) is 2.77. The van der Waals surface area contributed by atoms with Gasteiger partial charge in [0, 0.05) is 19.3 Å². The van der Waals surface area contributed by atoms with Crippen LogP contribution in [-0.2, 0) is 24.7 Å². The first-order valence-corrected chi connectivity index (χ1v) is 13.7. The lowest BCUT2D eigenvalue weighted by atomic mass is 9.97. The Morgan fingerprint density at radius 2 is 1.66 bits per heavy atom. The van der Waals surface area contributed by atoms with Gasteiger partial charge in [0.15, 0.2) is 9.84 Å². The molecule has 1 aliphatic heterocycles. The van der Waals surface area contributed by atoms with Gasteiger partial charge in [0.2, 0.25) is 15.9 Å². The Hall–Kier alpha value is -2.30. The maximum Gasteiger partial charge on any atom is 0.243 e. The standard InChI is InChI=1S/C22H27FN2O5S2/c1-3-21(16-6-10-19(11-7-16)31(2,27)28)24-22(26)17-5-4-14-25(15-17)32(29,30)20-12-8-18(23)9-13-20/h6-13,17,21H,3-5,14-15H2,1-2H3,(H,24,26)/t17-,21+/m0/s1. The van der Waals surface area contributed by atoms with Gasteiger partial charge in [0.25, 0.3) is 0 Å². The molecule has 32 heavy (non-hydrogen) atoms. The molecule has 2 atom stereocenters. The lowest BCUT2D eigenvalue weighted by molar-refractivity contribution is -0.126. The third kappa shape index (κ3) is 5.54. The molecule has 0 bridgehead atoms. The fourth-order valence-electron chi connectivity index (χ4n) is 3.79. The Morgan fingerprint density at radius 1 is 1.06 bits per heavy atom. The van der Waals surface area contributed by atoms with E-state index in [-0.39, 0.29) is 28.3 Å². The number of rotatable bonds is 7. The van der Waals surface area contributed by atoms with E-state index < -0.39 is 31.6 Å². The van der Waals surface area contributed by atoms with E-state index >= 15 is 0 Å². The quantitative estimate of drug-likeness (QED) is 0.654. The van der Waals surface area contributed by atoms with Gasteiger partial charge in [-0.1, -0.05) is 19.1 Å². The highest BCUT2D eigenvalue weighted by atomic mass is 32.2. The summed E-state index contributed by atoms with van der Waals surface area (Å²) in [5.74, 6) is -1.28. The third-order valence-corrected chi connectivity index (χ3v) is 8.65. The zero-order valence-corrected chi connectivity index (χ0v) is 19.6. The number of nitrogens with one attached hydrogen (secondary N) is 1. The smallest absolute Gasteiger partial charge is 0.243 e. The van der Waals surface area contributed by atoms with Crippen molar-refractivity contribution < 1.29 is 26.0 Å². The first-order valence-electron chi connectivity index (χ1n) is 10.4. The van der Waals surface area contributed by atoms with E-state index in [2.05, 4.69) is 5.32 Å². The van der Waals surface area contributed by atoms with Crippen LogP contribution in [0.4, 0.5) is 4.39 Å². The van der Waals surface area contributed by atoms with Gasteiger partial charge in [0.05, 0.1) is 21.8 Å². The van der Waals surface area contributed by atoms with Crippen molar-refractivity contribution >= 4 is 25.8 Å². The summed E-state index contributed by atoms with van der Waals surface area (Å²) in [5.41, 5.74) is 0.778. The number of sulfone groups is 1. The Morgan fingerprint density at radius 3 is 2.22 bits per heavy atom. The second kappa shape index (κ2) is 9.68. The fraction of sp³-hybridized carbons (Fsp3) is 0.409. The summed E-state index contributed by atoms with van der Waals surface area (Å²) in [4.78, 5) is 13.1. The van der Waals surface area contributed by atoms with Crippen LogP contribution in [0.3, 0.4) is 0 Å². The molecule has 0 saturated carbocycles. The van der Waals surface area contributed by atoms with Crippen LogP contribution >= 0.6 is 0 Å². The summed E-state index contributed by atoms with van der Waals surface area (Å²) in [5, 5.41) is 2.97. The minimum atomic E-state index is -3.82. The van der Waals surface area contributed by atoms with Crippen molar-refractivity contribution in [3.63, 3.8) is 0 Å². The van der Waals surface area contributed by atoms with E-state index in [0.717, 1.165) is 24.0 Å². The maximum atomic E-state index is 13.2. The molecule has 0 aliphatic carbocycles. The van der Waals surface area contributed by atoms with Crippen molar-refractivity contribution in [3.8, 4) is 0 Å². The summed E-state index contributed by atoms with van der Waals surface area (Å²) in [6, 6.07) is 10.7. The molecule has 174 valence electrons. The number of carbonyl (C=O) groups is 1. The van der Waals surface area contributed by atoms with E-state index in [1.807, 2.05) is 6.92 Å². The molecule has 3 rings (SSSR count). The Balaban J connectivity index is 1.70. The minimum Gasteiger partial charge on any atom is -0.349 e. The topological polar surface area (TPSA) is 101 Å². The van der Waals surface area contributed by atoms with E-state index in [0.29, 0.717) is 25.8 Å². The van der Waals surface area contributed by atoms with Crippen molar-refractivity contribution in [2.24, 2.45) is 5.92 Å². The number of sulfonamides is 1. The second-order valence-corrected chi connectivity index (χ2v) is 11.9. The molecule has 7 nitrogen and oxygen atoms in total. The van der Waals surface area contributed by atoms with Crippen LogP contribution in [0.5, 0.6) is 0 Å². The molecule has 2 aromatic rings. The van der Waals surface area contributed by atoms with E-state index in [1.165, 1.54) is 28.6 Å². The highest BCUT2D eigenvalue weighted by Crippen LogP contribution is 2.26. The molecule has 10 heteroatoms. The molecule has 0 radical (unpaired) electrons. The molecule has 1 amide bonds. The first kappa shape index (κ1) is 24.3. The largest absolute Gasteiger partial charge is 0.349 e. The lowest BCUT2D eigenvalue weighted by Gasteiger charge is -2.32. The van der Waals surface area contributed by atoms with Gasteiger partial charge >= 0.3 is 0 Å². The zero-order chi connectivity index (χ0) is 23.5. The van der Waals surface area contributed by atoms with E-state index in [1.54, 1.807) is 12.1 Å². The van der Waals surface area contributed by atoms with Crippen LogP contribution in [-0.4, -0.2) is 46.4 Å². The maximum absolute atomic E-state index is 13.2. The van der Waals surface area contributed by atoms with Gasteiger partial charge in [-0.05, 0) is 61.2 Å². The SMILES string of the molecule is CC[C@@H](NC(=O)[C@H]1CCCN(S(=O)(=O)c2ccc(F)cc2)C1)c1ccc(S(C)(=O)=O)cc1. The van der Waals surface area contributed by atoms with Gasteiger partial charge in [-0.3, -0.25) is 4.79 Å². The van der Waals surface area contributed by atoms with Gasteiger partial charge in [0.1, 0.15) is 5.82 Å². The number of amides is 1. The summed E-state index contributed by atoms with van der Waals surface area (Å²) < 4.78 is 63.6. The molecule has 2 aromatic carbocycles. The van der Waals surface area contributed by atoms with Crippen molar-refractivity contribution in [1.82, 2.24) is 9.62 Å². The van der Waals surface area contributed by atoms with Crippen molar-refractivity contribution in [3.05, 3.63) is 59.9 Å². The fourth-order valence-corrected chi connectivity index (χ4v) is 5.94. The molecule has 0 aromatic heterocycles. The minimum absolute atomic E-state index is 0.00245. The predicted molar refractivity (Wildman–Crippen MR) is 119 cm³/mol. The summed E-state index contributed by atoms with van der Waals surface area (Å²) in [7, 11) is -7.13. The summed E-state index contributed by atoms with van der Waals surface area (Å²) in [6.45, 7) is 2.25. The van der Waals surface area contributed by atoms with Gasteiger partial charge in [-0.25, -0.2) is 21.2 Å². The first-order chi connectivity index (χ1) is 15.0. The molecular formula is C22H27FN2O5S2. The van der Waals surface area contributed by atoms with E-state index in [4.69, 9.17) is 0 Å². The van der Waals surface area contributed by atoms with Gasteiger partial charge < -0.3 is 5.32 Å². The monoisotopic (exact) mass is 482 g/mol. The molecular weight excluding hydrogens is 455 g/mol. The van der Waals surface area contributed by atoms with Crippen LogP contribution in [0.2, 0.25) is 0 Å². The molecule has 1 N–H and O–H groups in total. The normalized spacial score (nSPS) is 18.8. The Bertz CT molecular complexity index is 1160. The zero-order valence-electron chi connectivity index (χ0n) is 18.0. The number of nitrogens with zero attached hydrogens (tertiary/aromatic N) is 1. The lowest BCUT2D eigenvalue weighted by Crippen LogP contribution is -2.46.